The zero-order valence-electron chi connectivity index (χ0n) is 13.9. The van der Waals surface area contributed by atoms with Crippen LogP contribution in [0.3, 0.4) is 0 Å². The van der Waals surface area contributed by atoms with Crippen molar-refractivity contribution in [2.24, 2.45) is 10.8 Å². The monoisotopic (exact) mass is 271 g/mol. The lowest BCUT2D eigenvalue weighted by Gasteiger charge is -2.46. The molecule has 3 nitrogen and oxygen atoms in total. The fraction of sp³-hybridized carbons (Fsp3) is 1.00. The molecule has 0 aromatic heterocycles. The van der Waals surface area contributed by atoms with Gasteiger partial charge in [0.1, 0.15) is 0 Å². The molecule has 3 heteroatoms. The van der Waals surface area contributed by atoms with Gasteiger partial charge in [0.2, 0.25) is 0 Å². The van der Waals surface area contributed by atoms with Crippen molar-refractivity contribution in [2.45, 2.75) is 73.1 Å². The Kier molecular flexibility index (Phi) is 5.44. The van der Waals surface area contributed by atoms with Gasteiger partial charge in [-0.05, 0) is 51.0 Å². The molecular weight excluding hydrogens is 238 g/mol. The number of nitrogens with one attached hydrogen (secondary N) is 1. The van der Waals surface area contributed by atoms with E-state index in [0.29, 0.717) is 18.6 Å². The first-order chi connectivity index (χ1) is 8.67. The predicted octanol–water partition coefficient (Wildman–Crippen LogP) is 3.58. The summed E-state index contributed by atoms with van der Waals surface area (Å²) in [5.41, 5.74) is 0.504. The van der Waals surface area contributed by atoms with Gasteiger partial charge in [0.05, 0.1) is 6.04 Å². The molecule has 0 saturated carbocycles. The average molecular weight is 271 g/mol. The smallest absolute Gasteiger partial charge is 0.181 e. The SMILES string of the molecule is CCOC(C)(OCC)C1NCCC(C)(C)CC1(C)C. The molecular formula is C16H33NO2. The van der Waals surface area contributed by atoms with Crippen molar-refractivity contribution >= 4 is 0 Å². The van der Waals surface area contributed by atoms with Gasteiger partial charge < -0.3 is 14.8 Å². The second-order valence-electron chi connectivity index (χ2n) is 7.35. The first-order valence-corrected chi connectivity index (χ1v) is 7.68. The van der Waals surface area contributed by atoms with E-state index in [1.165, 1.54) is 12.8 Å². The summed E-state index contributed by atoms with van der Waals surface area (Å²) in [6.07, 6.45) is 2.37. The van der Waals surface area contributed by atoms with Crippen LogP contribution in [0.2, 0.25) is 0 Å². The molecule has 1 fully saturated rings. The zero-order chi connectivity index (χ0) is 14.7. The van der Waals surface area contributed by atoms with E-state index >= 15 is 0 Å². The first-order valence-electron chi connectivity index (χ1n) is 7.68. The highest BCUT2D eigenvalue weighted by atomic mass is 16.7. The predicted molar refractivity (Wildman–Crippen MR) is 80.2 cm³/mol. The van der Waals surface area contributed by atoms with Crippen LogP contribution in [0.1, 0.15) is 61.3 Å². The molecule has 0 bridgehead atoms. The van der Waals surface area contributed by atoms with Gasteiger partial charge in [-0.1, -0.05) is 27.7 Å². The fourth-order valence-corrected chi connectivity index (χ4v) is 3.93. The van der Waals surface area contributed by atoms with E-state index in [9.17, 15) is 0 Å². The summed E-state index contributed by atoms with van der Waals surface area (Å²) in [6, 6.07) is 0.210. The molecule has 1 aliphatic rings. The highest BCUT2D eigenvalue weighted by Gasteiger charge is 2.48. The Morgan fingerprint density at radius 3 is 2.11 bits per heavy atom. The summed E-state index contributed by atoms with van der Waals surface area (Å²) >= 11 is 0. The number of ether oxygens (including phenoxy) is 2. The van der Waals surface area contributed by atoms with Crippen LogP contribution in [0.15, 0.2) is 0 Å². The fourth-order valence-electron chi connectivity index (χ4n) is 3.93. The third-order valence-corrected chi connectivity index (χ3v) is 4.25. The molecule has 1 aliphatic heterocycles. The van der Waals surface area contributed by atoms with Crippen LogP contribution >= 0.6 is 0 Å². The summed E-state index contributed by atoms with van der Waals surface area (Å²) in [5, 5.41) is 3.69. The van der Waals surface area contributed by atoms with E-state index in [4.69, 9.17) is 9.47 Å². The second kappa shape index (κ2) is 6.11. The molecule has 114 valence electrons. The summed E-state index contributed by atoms with van der Waals surface area (Å²) in [5.74, 6) is -0.548. The average Bonchev–Trinajstić information content (AvgIpc) is 2.33. The summed E-state index contributed by atoms with van der Waals surface area (Å²) < 4.78 is 12.0. The van der Waals surface area contributed by atoms with Crippen molar-refractivity contribution in [2.75, 3.05) is 19.8 Å². The Hall–Kier alpha value is -0.120. The summed E-state index contributed by atoms with van der Waals surface area (Å²) in [4.78, 5) is 0. The Labute approximate surface area is 119 Å². The van der Waals surface area contributed by atoms with Crippen molar-refractivity contribution in [3.63, 3.8) is 0 Å². The minimum Gasteiger partial charge on any atom is -0.349 e. The van der Waals surface area contributed by atoms with Gasteiger partial charge in [0, 0.05) is 13.2 Å². The van der Waals surface area contributed by atoms with E-state index in [1.807, 2.05) is 13.8 Å². The zero-order valence-corrected chi connectivity index (χ0v) is 13.9. The quantitative estimate of drug-likeness (QED) is 0.775. The van der Waals surface area contributed by atoms with E-state index < -0.39 is 5.79 Å². The van der Waals surface area contributed by atoms with Gasteiger partial charge >= 0.3 is 0 Å². The third kappa shape index (κ3) is 4.17. The minimum atomic E-state index is -0.548. The van der Waals surface area contributed by atoms with Crippen molar-refractivity contribution in [1.29, 1.82) is 0 Å². The van der Waals surface area contributed by atoms with Gasteiger partial charge in [0.15, 0.2) is 5.79 Å². The van der Waals surface area contributed by atoms with E-state index in [0.717, 1.165) is 6.54 Å². The Morgan fingerprint density at radius 1 is 1.11 bits per heavy atom. The molecule has 1 rings (SSSR count). The lowest BCUT2D eigenvalue weighted by atomic mass is 9.69. The molecule has 0 amide bonds. The molecule has 0 aromatic rings. The van der Waals surface area contributed by atoms with E-state index in [-0.39, 0.29) is 11.5 Å². The van der Waals surface area contributed by atoms with E-state index in [1.54, 1.807) is 0 Å². The Bertz CT molecular complexity index is 280. The molecule has 19 heavy (non-hydrogen) atoms. The van der Waals surface area contributed by atoms with Gasteiger partial charge in [-0.3, -0.25) is 0 Å². The van der Waals surface area contributed by atoms with E-state index in [2.05, 4.69) is 39.9 Å². The largest absolute Gasteiger partial charge is 0.349 e. The normalized spacial score (nSPS) is 27.0. The summed E-state index contributed by atoms with van der Waals surface area (Å²) in [7, 11) is 0. The highest BCUT2D eigenvalue weighted by Crippen LogP contribution is 2.44. The molecule has 1 heterocycles. The standard InChI is InChI=1S/C16H33NO2/c1-8-18-16(7,19-9-2)13-15(5,6)12-14(3,4)10-11-17-13/h13,17H,8-12H2,1-7H3. The maximum absolute atomic E-state index is 5.98. The second-order valence-corrected chi connectivity index (χ2v) is 7.35. The molecule has 0 aromatic carbocycles. The highest BCUT2D eigenvalue weighted by molar-refractivity contribution is 4.98. The molecule has 0 aliphatic carbocycles. The molecule has 1 N–H and O–H groups in total. The van der Waals surface area contributed by atoms with Crippen molar-refractivity contribution in [3.8, 4) is 0 Å². The van der Waals surface area contributed by atoms with Gasteiger partial charge in [-0.25, -0.2) is 0 Å². The Morgan fingerprint density at radius 2 is 1.63 bits per heavy atom. The van der Waals surface area contributed by atoms with Gasteiger partial charge in [-0.15, -0.1) is 0 Å². The van der Waals surface area contributed by atoms with Crippen LogP contribution in [0.5, 0.6) is 0 Å². The molecule has 1 atom stereocenters. The first kappa shape index (κ1) is 16.9. The number of rotatable bonds is 5. The van der Waals surface area contributed by atoms with Crippen LogP contribution in [-0.2, 0) is 9.47 Å². The molecule has 0 spiro atoms. The third-order valence-electron chi connectivity index (χ3n) is 4.25. The minimum absolute atomic E-state index is 0.138. The lowest BCUT2D eigenvalue weighted by Crippen LogP contribution is -2.59. The van der Waals surface area contributed by atoms with Crippen LogP contribution < -0.4 is 5.32 Å². The van der Waals surface area contributed by atoms with Gasteiger partial charge in [0.25, 0.3) is 0 Å². The van der Waals surface area contributed by atoms with Crippen LogP contribution in [0, 0.1) is 10.8 Å². The van der Waals surface area contributed by atoms with Crippen LogP contribution in [0.4, 0.5) is 0 Å². The van der Waals surface area contributed by atoms with Crippen molar-refractivity contribution < 1.29 is 9.47 Å². The van der Waals surface area contributed by atoms with Crippen LogP contribution in [-0.4, -0.2) is 31.6 Å². The number of hydrogen-bond donors (Lipinski definition) is 1. The van der Waals surface area contributed by atoms with Crippen molar-refractivity contribution in [3.05, 3.63) is 0 Å². The lowest BCUT2D eigenvalue weighted by molar-refractivity contribution is -0.253. The maximum atomic E-state index is 5.98. The molecule has 0 radical (unpaired) electrons. The maximum Gasteiger partial charge on any atom is 0.181 e. The van der Waals surface area contributed by atoms with Crippen LogP contribution in [0.25, 0.3) is 0 Å². The Balaban J connectivity index is 3.00. The van der Waals surface area contributed by atoms with Gasteiger partial charge in [-0.2, -0.15) is 0 Å². The topological polar surface area (TPSA) is 30.5 Å². The molecule has 1 unspecified atom stereocenters. The summed E-state index contributed by atoms with van der Waals surface area (Å²) in [6.45, 7) is 17.9. The molecule has 1 saturated heterocycles. The number of hydrogen-bond acceptors (Lipinski definition) is 3. The van der Waals surface area contributed by atoms with Crippen molar-refractivity contribution in [1.82, 2.24) is 5.32 Å².